The Morgan fingerprint density at radius 2 is 1.95 bits per heavy atom. The molecule has 1 atom stereocenters. The van der Waals surface area contributed by atoms with Gasteiger partial charge in [-0.25, -0.2) is 0 Å². The van der Waals surface area contributed by atoms with Crippen LogP contribution >= 0.6 is 27.5 Å². The summed E-state index contributed by atoms with van der Waals surface area (Å²) in [6.45, 7) is 7.32. The molecule has 0 fully saturated rings. The zero-order valence-corrected chi connectivity index (χ0v) is 15.2. The zero-order chi connectivity index (χ0) is 15.6. The highest BCUT2D eigenvalue weighted by molar-refractivity contribution is 9.10. The van der Waals surface area contributed by atoms with Gasteiger partial charge in [0.1, 0.15) is 0 Å². The van der Waals surface area contributed by atoms with Crippen molar-refractivity contribution in [1.82, 2.24) is 15.1 Å². The lowest BCUT2D eigenvalue weighted by Gasteiger charge is -2.21. The van der Waals surface area contributed by atoms with Crippen molar-refractivity contribution in [1.29, 1.82) is 0 Å². The van der Waals surface area contributed by atoms with Gasteiger partial charge in [0.2, 0.25) is 0 Å². The summed E-state index contributed by atoms with van der Waals surface area (Å²) < 4.78 is 3.01. The highest BCUT2D eigenvalue weighted by Crippen LogP contribution is 2.31. The van der Waals surface area contributed by atoms with Crippen LogP contribution in [0.15, 0.2) is 22.8 Å². The van der Waals surface area contributed by atoms with E-state index < -0.39 is 0 Å². The van der Waals surface area contributed by atoms with E-state index in [0.717, 1.165) is 23.1 Å². The third-order valence-electron chi connectivity index (χ3n) is 3.60. The first kappa shape index (κ1) is 16.5. The molecule has 1 N–H and O–H groups in total. The van der Waals surface area contributed by atoms with Crippen LogP contribution in [0.25, 0.3) is 0 Å². The van der Waals surface area contributed by atoms with E-state index in [1.54, 1.807) is 6.20 Å². The van der Waals surface area contributed by atoms with E-state index in [1.165, 1.54) is 16.7 Å². The lowest BCUT2D eigenvalue weighted by Crippen LogP contribution is -2.25. The lowest BCUT2D eigenvalue weighted by atomic mass is 9.98. The average Bonchev–Trinajstić information content (AvgIpc) is 2.77. The molecule has 0 spiro atoms. The highest BCUT2D eigenvalue weighted by Gasteiger charge is 2.21. The summed E-state index contributed by atoms with van der Waals surface area (Å²) in [5.74, 6) is 0. The average molecular weight is 371 g/mol. The maximum absolute atomic E-state index is 6.35. The van der Waals surface area contributed by atoms with Gasteiger partial charge < -0.3 is 5.32 Å². The molecule has 114 valence electrons. The quantitative estimate of drug-likeness (QED) is 0.837. The first-order chi connectivity index (χ1) is 9.95. The van der Waals surface area contributed by atoms with Crippen LogP contribution in [-0.2, 0) is 7.05 Å². The summed E-state index contributed by atoms with van der Waals surface area (Å²) in [5, 5.41) is 8.55. The SMILES string of the molecule is CCCNC(c1cc(C)c(Br)c(C)c1)c1c(Cl)cnn1C. The summed E-state index contributed by atoms with van der Waals surface area (Å²) in [6, 6.07) is 4.46. The zero-order valence-electron chi connectivity index (χ0n) is 12.9. The predicted molar refractivity (Wildman–Crippen MR) is 92.0 cm³/mol. The first-order valence-corrected chi connectivity index (χ1v) is 8.30. The number of aryl methyl sites for hydroxylation is 3. The minimum atomic E-state index is 0.0513. The Kier molecular flexibility index (Phi) is 5.47. The fourth-order valence-corrected chi connectivity index (χ4v) is 3.06. The molecule has 0 saturated carbocycles. The Balaban J connectivity index is 2.51. The van der Waals surface area contributed by atoms with Gasteiger partial charge >= 0.3 is 0 Å². The number of hydrogen-bond acceptors (Lipinski definition) is 2. The number of rotatable bonds is 5. The summed E-state index contributed by atoms with van der Waals surface area (Å²) in [6.07, 6.45) is 2.77. The minimum Gasteiger partial charge on any atom is -0.305 e. The largest absolute Gasteiger partial charge is 0.305 e. The molecule has 2 rings (SSSR count). The number of hydrogen-bond donors (Lipinski definition) is 1. The second-order valence-corrected chi connectivity index (χ2v) is 6.56. The Bertz CT molecular complexity index is 594. The van der Waals surface area contributed by atoms with Crippen LogP contribution in [0.1, 0.15) is 41.8 Å². The van der Waals surface area contributed by atoms with E-state index in [9.17, 15) is 0 Å². The number of aromatic nitrogens is 2. The van der Waals surface area contributed by atoms with Crippen LogP contribution in [0.3, 0.4) is 0 Å². The molecule has 0 aliphatic rings. The van der Waals surface area contributed by atoms with Gasteiger partial charge in [0.25, 0.3) is 0 Å². The topological polar surface area (TPSA) is 29.9 Å². The summed E-state index contributed by atoms with van der Waals surface area (Å²) in [4.78, 5) is 0. The highest BCUT2D eigenvalue weighted by atomic mass is 79.9. The molecule has 2 aromatic rings. The van der Waals surface area contributed by atoms with E-state index in [1.807, 2.05) is 11.7 Å². The summed E-state index contributed by atoms with van der Waals surface area (Å²) in [5.41, 5.74) is 4.68. The van der Waals surface area contributed by atoms with Crippen molar-refractivity contribution in [2.45, 2.75) is 33.2 Å². The van der Waals surface area contributed by atoms with E-state index in [-0.39, 0.29) is 6.04 Å². The van der Waals surface area contributed by atoms with Gasteiger partial charge in [0.05, 0.1) is 23.0 Å². The van der Waals surface area contributed by atoms with Crippen LogP contribution < -0.4 is 5.32 Å². The van der Waals surface area contributed by atoms with Crippen LogP contribution in [0.5, 0.6) is 0 Å². The van der Waals surface area contributed by atoms with E-state index in [4.69, 9.17) is 11.6 Å². The van der Waals surface area contributed by atoms with Crippen molar-refractivity contribution in [2.75, 3.05) is 6.54 Å². The van der Waals surface area contributed by atoms with Crippen molar-refractivity contribution >= 4 is 27.5 Å². The maximum Gasteiger partial charge on any atom is 0.0837 e. The normalized spacial score (nSPS) is 12.7. The molecule has 0 radical (unpaired) electrons. The van der Waals surface area contributed by atoms with Gasteiger partial charge in [-0.3, -0.25) is 4.68 Å². The van der Waals surface area contributed by atoms with Gasteiger partial charge in [-0.05, 0) is 43.5 Å². The molecule has 0 aliphatic carbocycles. The van der Waals surface area contributed by atoms with Gasteiger partial charge in [-0.2, -0.15) is 5.10 Å². The van der Waals surface area contributed by atoms with Crippen molar-refractivity contribution in [3.05, 3.63) is 50.2 Å². The van der Waals surface area contributed by atoms with Crippen molar-refractivity contribution in [3.63, 3.8) is 0 Å². The molecule has 0 saturated heterocycles. The third kappa shape index (κ3) is 3.50. The third-order valence-corrected chi connectivity index (χ3v) is 5.14. The molecule has 0 amide bonds. The molecular formula is C16H21BrClN3. The molecule has 3 nitrogen and oxygen atoms in total. The van der Waals surface area contributed by atoms with E-state index in [0.29, 0.717) is 5.02 Å². The molecule has 5 heteroatoms. The molecule has 1 aromatic heterocycles. The summed E-state index contributed by atoms with van der Waals surface area (Å²) >= 11 is 9.98. The first-order valence-electron chi connectivity index (χ1n) is 7.13. The van der Waals surface area contributed by atoms with Crippen molar-refractivity contribution in [3.8, 4) is 0 Å². The Morgan fingerprint density at radius 1 is 1.33 bits per heavy atom. The number of benzene rings is 1. The van der Waals surface area contributed by atoms with Gasteiger partial charge in [0.15, 0.2) is 0 Å². The fourth-order valence-electron chi connectivity index (χ4n) is 2.55. The number of halogens is 2. The van der Waals surface area contributed by atoms with Crippen LogP contribution in [0.4, 0.5) is 0 Å². The molecule has 1 heterocycles. The number of nitrogens with one attached hydrogen (secondary N) is 1. The molecule has 0 bridgehead atoms. The van der Waals surface area contributed by atoms with Gasteiger partial charge in [-0.15, -0.1) is 0 Å². The Hall–Kier alpha value is -0.840. The maximum atomic E-state index is 6.35. The summed E-state index contributed by atoms with van der Waals surface area (Å²) in [7, 11) is 1.93. The minimum absolute atomic E-state index is 0.0513. The van der Waals surface area contributed by atoms with Crippen LogP contribution in [0, 0.1) is 13.8 Å². The van der Waals surface area contributed by atoms with Gasteiger partial charge in [-0.1, -0.05) is 46.6 Å². The molecular weight excluding hydrogens is 350 g/mol. The van der Waals surface area contributed by atoms with Crippen LogP contribution in [-0.4, -0.2) is 16.3 Å². The van der Waals surface area contributed by atoms with Crippen molar-refractivity contribution < 1.29 is 0 Å². The standard InChI is InChI=1S/C16H21BrClN3/c1-5-6-19-15(16-13(18)9-20-21(16)4)12-7-10(2)14(17)11(3)8-12/h7-9,15,19H,5-6H2,1-4H3. The predicted octanol–water partition coefficient (Wildman–Crippen LogP) is 4.54. The molecule has 1 unspecified atom stereocenters. The Morgan fingerprint density at radius 3 is 2.43 bits per heavy atom. The fraction of sp³-hybridized carbons (Fsp3) is 0.438. The lowest BCUT2D eigenvalue weighted by molar-refractivity contribution is 0.553. The molecule has 21 heavy (non-hydrogen) atoms. The van der Waals surface area contributed by atoms with E-state index in [2.05, 4.69) is 59.2 Å². The smallest absolute Gasteiger partial charge is 0.0837 e. The Labute approximate surface area is 139 Å². The molecule has 1 aromatic carbocycles. The van der Waals surface area contributed by atoms with Crippen LogP contribution in [0.2, 0.25) is 5.02 Å². The van der Waals surface area contributed by atoms with E-state index >= 15 is 0 Å². The van der Waals surface area contributed by atoms with Crippen molar-refractivity contribution in [2.24, 2.45) is 7.05 Å². The second-order valence-electron chi connectivity index (χ2n) is 5.36. The monoisotopic (exact) mass is 369 g/mol. The molecule has 0 aliphatic heterocycles. The number of nitrogens with zero attached hydrogens (tertiary/aromatic N) is 2. The van der Waals surface area contributed by atoms with Gasteiger partial charge in [0, 0.05) is 11.5 Å². The second kappa shape index (κ2) is 6.95.